The largest absolute Gasteiger partial charge is 0.494 e. The summed E-state index contributed by atoms with van der Waals surface area (Å²) in [5, 5.41) is 0. The Morgan fingerprint density at radius 2 is 1.64 bits per heavy atom. The Bertz CT molecular complexity index is 1030. The van der Waals surface area contributed by atoms with Gasteiger partial charge in [0, 0.05) is 11.4 Å². The fourth-order valence-electron chi connectivity index (χ4n) is 3.20. The Balaban J connectivity index is 1.43. The minimum Gasteiger partial charge on any atom is -0.494 e. The molecule has 3 nitrogen and oxygen atoms in total. The van der Waals surface area contributed by atoms with Crippen molar-refractivity contribution in [2.45, 2.75) is 30.5 Å². The van der Waals surface area contributed by atoms with E-state index in [1.165, 1.54) is 16.0 Å². The highest BCUT2D eigenvalue weighted by Gasteiger charge is 2.10. The summed E-state index contributed by atoms with van der Waals surface area (Å²) in [5.41, 5.74) is 3.50. The predicted molar refractivity (Wildman–Crippen MR) is 117 cm³/mol. The van der Waals surface area contributed by atoms with Gasteiger partial charge in [0.15, 0.2) is 0 Å². The molecule has 0 saturated heterocycles. The van der Waals surface area contributed by atoms with Crippen LogP contribution in [0.15, 0.2) is 83.8 Å². The molecule has 0 aliphatic heterocycles. The van der Waals surface area contributed by atoms with Gasteiger partial charge in [0.1, 0.15) is 11.6 Å². The van der Waals surface area contributed by atoms with Gasteiger partial charge in [-0.05, 0) is 49.7 Å². The van der Waals surface area contributed by atoms with Crippen LogP contribution in [0.25, 0.3) is 11.0 Å². The smallest absolute Gasteiger partial charge is 0.120 e. The van der Waals surface area contributed by atoms with E-state index in [1.54, 1.807) is 0 Å². The van der Waals surface area contributed by atoms with Gasteiger partial charge in [-0.3, -0.25) is 0 Å². The summed E-state index contributed by atoms with van der Waals surface area (Å²) >= 11 is 1.83. The Hall–Kier alpha value is -2.72. The van der Waals surface area contributed by atoms with Gasteiger partial charge in [-0.1, -0.05) is 48.0 Å². The van der Waals surface area contributed by atoms with Crippen molar-refractivity contribution in [1.82, 2.24) is 9.55 Å². The average molecular weight is 389 g/mol. The van der Waals surface area contributed by atoms with Crippen LogP contribution in [-0.4, -0.2) is 16.2 Å². The van der Waals surface area contributed by atoms with Crippen LogP contribution in [0.3, 0.4) is 0 Å². The number of hydrogen-bond donors (Lipinski definition) is 0. The highest BCUT2D eigenvalue weighted by atomic mass is 32.2. The molecular formula is C24H24N2OS. The van der Waals surface area contributed by atoms with Gasteiger partial charge in [0.25, 0.3) is 0 Å². The van der Waals surface area contributed by atoms with Crippen LogP contribution < -0.4 is 4.74 Å². The van der Waals surface area contributed by atoms with Crippen LogP contribution in [0, 0.1) is 6.92 Å². The number of fused-ring (bicyclic) bond motifs is 1. The van der Waals surface area contributed by atoms with Crippen LogP contribution in [0.2, 0.25) is 0 Å². The number of imidazole rings is 1. The Morgan fingerprint density at radius 1 is 0.893 bits per heavy atom. The number of hydrogen-bond acceptors (Lipinski definition) is 3. The molecule has 4 rings (SSSR count). The Labute approximate surface area is 170 Å². The molecule has 0 amide bonds. The maximum absolute atomic E-state index is 5.90. The second-order valence-corrected chi connectivity index (χ2v) is 7.83. The number of thioether (sulfide) groups is 1. The first-order valence-corrected chi connectivity index (χ1v) is 10.6. The van der Waals surface area contributed by atoms with E-state index in [0.29, 0.717) is 6.61 Å². The third kappa shape index (κ3) is 4.57. The topological polar surface area (TPSA) is 27.1 Å². The number of ether oxygens (including phenoxy) is 1. The van der Waals surface area contributed by atoms with E-state index in [-0.39, 0.29) is 0 Å². The summed E-state index contributed by atoms with van der Waals surface area (Å²) < 4.78 is 8.24. The van der Waals surface area contributed by atoms with Gasteiger partial charge < -0.3 is 9.30 Å². The first-order chi connectivity index (χ1) is 13.8. The van der Waals surface area contributed by atoms with E-state index in [4.69, 9.17) is 9.72 Å². The monoisotopic (exact) mass is 388 g/mol. The third-order valence-electron chi connectivity index (χ3n) is 4.66. The second-order valence-electron chi connectivity index (χ2n) is 6.79. The fourth-order valence-corrected chi connectivity index (χ4v) is 4.06. The van der Waals surface area contributed by atoms with Gasteiger partial charge in [0.2, 0.25) is 0 Å². The molecular weight excluding hydrogens is 364 g/mol. The van der Waals surface area contributed by atoms with Gasteiger partial charge in [-0.15, -0.1) is 11.8 Å². The number of nitrogens with zero attached hydrogens (tertiary/aromatic N) is 2. The number of para-hydroxylation sites is 2. The van der Waals surface area contributed by atoms with Crippen molar-refractivity contribution in [2.75, 3.05) is 6.61 Å². The van der Waals surface area contributed by atoms with E-state index in [2.05, 4.69) is 66.1 Å². The van der Waals surface area contributed by atoms with Crippen LogP contribution in [-0.2, 0) is 12.3 Å². The van der Waals surface area contributed by atoms with Crippen molar-refractivity contribution < 1.29 is 4.74 Å². The number of aromatic nitrogens is 2. The van der Waals surface area contributed by atoms with Gasteiger partial charge >= 0.3 is 0 Å². The number of rotatable bonds is 8. The Kier molecular flexibility index (Phi) is 5.98. The summed E-state index contributed by atoms with van der Waals surface area (Å²) in [6.07, 6.45) is 0.942. The molecule has 1 aromatic heterocycles. The summed E-state index contributed by atoms with van der Waals surface area (Å²) in [6.45, 7) is 3.68. The number of benzene rings is 3. The maximum Gasteiger partial charge on any atom is 0.120 e. The maximum atomic E-state index is 5.90. The summed E-state index contributed by atoms with van der Waals surface area (Å²) in [5.74, 6) is 2.91. The molecule has 4 heteroatoms. The molecule has 0 aliphatic carbocycles. The fraction of sp³-hybridized carbons (Fsp3) is 0.208. The molecule has 28 heavy (non-hydrogen) atoms. The van der Waals surface area contributed by atoms with Gasteiger partial charge in [-0.25, -0.2) is 4.98 Å². The molecule has 0 atom stereocenters. The highest BCUT2D eigenvalue weighted by molar-refractivity contribution is 7.98. The minimum atomic E-state index is 0.695. The predicted octanol–water partition coefficient (Wildman–Crippen LogP) is 6.11. The van der Waals surface area contributed by atoms with Crippen LogP contribution in [0.5, 0.6) is 5.75 Å². The minimum absolute atomic E-state index is 0.695. The summed E-state index contributed by atoms with van der Waals surface area (Å²) in [6, 6.07) is 27.1. The lowest BCUT2D eigenvalue weighted by molar-refractivity contribution is 0.302. The molecule has 0 aliphatic rings. The standard InChI is InChI=1S/C24H24N2OS/c1-19-12-14-20(15-13-19)27-17-7-16-26-23-11-6-5-10-22(23)25-24(26)18-28-21-8-3-2-4-9-21/h2-6,8-15H,7,16-18H2,1H3. The zero-order valence-electron chi connectivity index (χ0n) is 16.0. The first-order valence-electron chi connectivity index (χ1n) is 9.61. The molecule has 0 spiro atoms. The lowest BCUT2D eigenvalue weighted by Crippen LogP contribution is -2.07. The molecule has 142 valence electrons. The van der Waals surface area contributed by atoms with Crippen molar-refractivity contribution in [3.63, 3.8) is 0 Å². The highest BCUT2D eigenvalue weighted by Crippen LogP contribution is 2.25. The summed E-state index contributed by atoms with van der Waals surface area (Å²) in [4.78, 5) is 6.14. The van der Waals surface area contributed by atoms with Crippen molar-refractivity contribution in [2.24, 2.45) is 0 Å². The molecule has 0 unspecified atom stereocenters. The normalized spacial score (nSPS) is 11.0. The van der Waals surface area contributed by atoms with Gasteiger partial charge in [0.05, 0.1) is 23.4 Å². The van der Waals surface area contributed by atoms with Crippen molar-refractivity contribution in [3.05, 3.63) is 90.3 Å². The molecule has 0 bridgehead atoms. The van der Waals surface area contributed by atoms with Crippen molar-refractivity contribution >= 4 is 22.8 Å². The zero-order chi connectivity index (χ0) is 19.2. The second kappa shape index (κ2) is 8.98. The molecule has 3 aromatic carbocycles. The molecule has 0 saturated carbocycles. The van der Waals surface area contributed by atoms with Crippen LogP contribution in [0.4, 0.5) is 0 Å². The summed E-state index contributed by atoms with van der Waals surface area (Å²) in [7, 11) is 0. The molecule has 0 radical (unpaired) electrons. The molecule has 0 fully saturated rings. The number of aryl methyl sites for hydroxylation is 2. The van der Waals surface area contributed by atoms with Gasteiger partial charge in [-0.2, -0.15) is 0 Å². The molecule has 4 aromatic rings. The van der Waals surface area contributed by atoms with Crippen molar-refractivity contribution in [3.8, 4) is 5.75 Å². The average Bonchev–Trinajstić information content (AvgIpc) is 3.09. The van der Waals surface area contributed by atoms with E-state index in [9.17, 15) is 0 Å². The van der Waals surface area contributed by atoms with E-state index < -0.39 is 0 Å². The van der Waals surface area contributed by atoms with Crippen LogP contribution in [0.1, 0.15) is 17.8 Å². The van der Waals surface area contributed by atoms with E-state index in [0.717, 1.165) is 35.8 Å². The first kappa shape index (κ1) is 18.6. The van der Waals surface area contributed by atoms with E-state index in [1.807, 2.05) is 36.0 Å². The lowest BCUT2D eigenvalue weighted by Gasteiger charge is -2.11. The quantitative estimate of drug-likeness (QED) is 0.269. The van der Waals surface area contributed by atoms with Crippen LogP contribution >= 0.6 is 11.8 Å². The zero-order valence-corrected chi connectivity index (χ0v) is 16.9. The third-order valence-corrected chi connectivity index (χ3v) is 5.67. The molecule has 1 heterocycles. The lowest BCUT2D eigenvalue weighted by atomic mass is 10.2. The van der Waals surface area contributed by atoms with Crippen molar-refractivity contribution in [1.29, 1.82) is 0 Å². The molecule has 0 N–H and O–H groups in total. The van der Waals surface area contributed by atoms with E-state index >= 15 is 0 Å². The Morgan fingerprint density at radius 3 is 2.46 bits per heavy atom. The SMILES string of the molecule is Cc1ccc(OCCCn2c(CSc3ccccc3)nc3ccccc32)cc1.